The largest absolute Gasteiger partial charge is 0.359 e. The highest BCUT2D eigenvalue weighted by atomic mass is 14.9. The van der Waals surface area contributed by atoms with Crippen molar-refractivity contribution in [2.45, 2.75) is 6.92 Å². The molecule has 2 aromatic rings. The number of pyridine rings is 1. The molecule has 0 unspecified atom stereocenters. The topological polar surface area (TPSA) is 24.9 Å². The molecule has 0 fully saturated rings. The summed E-state index contributed by atoms with van der Waals surface area (Å²) in [7, 11) is 0. The van der Waals surface area contributed by atoms with Crippen molar-refractivity contribution in [3.63, 3.8) is 0 Å². The molecule has 1 aromatic heterocycles. The smallest absolute Gasteiger partial charge is 0.0461 e. The van der Waals surface area contributed by atoms with E-state index >= 15 is 0 Å². The van der Waals surface area contributed by atoms with E-state index in [9.17, 15) is 0 Å². The second-order valence-electron chi connectivity index (χ2n) is 3.69. The molecule has 16 heavy (non-hydrogen) atoms. The summed E-state index contributed by atoms with van der Waals surface area (Å²) in [6, 6.07) is 12.2. The van der Waals surface area contributed by atoms with Gasteiger partial charge in [0, 0.05) is 29.3 Å². The Labute approximate surface area is 95.7 Å². The number of allylic oxidation sites excluding steroid dienone is 1. The van der Waals surface area contributed by atoms with E-state index in [4.69, 9.17) is 0 Å². The molecule has 0 amide bonds. The zero-order valence-electron chi connectivity index (χ0n) is 9.27. The summed E-state index contributed by atoms with van der Waals surface area (Å²) in [5.41, 5.74) is 4.31. The molecule has 2 rings (SSSR count). The number of anilines is 1. The van der Waals surface area contributed by atoms with Crippen LogP contribution in [0.2, 0.25) is 0 Å². The quantitative estimate of drug-likeness (QED) is 0.835. The fourth-order valence-corrected chi connectivity index (χ4v) is 1.61. The number of aromatic nitrogens is 1. The van der Waals surface area contributed by atoms with Crippen molar-refractivity contribution in [1.29, 1.82) is 0 Å². The van der Waals surface area contributed by atoms with Crippen LogP contribution in [0.4, 0.5) is 5.69 Å². The minimum atomic E-state index is 0.932. The predicted octanol–water partition coefficient (Wildman–Crippen LogP) is 3.69. The molecular weight excluding hydrogens is 196 g/mol. The second kappa shape index (κ2) is 4.62. The van der Waals surface area contributed by atoms with Crippen LogP contribution in [0.25, 0.3) is 11.1 Å². The van der Waals surface area contributed by atoms with E-state index < -0.39 is 0 Å². The number of benzene rings is 1. The van der Waals surface area contributed by atoms with Gasteiger partial charge < -0.3 is 5.32 Å². The number of hydrogen-bond donors (Lipinski definition) is 1. The van der Waals surface area contributed by atoms with Gasteiger partial charge in [0.1, 0.15) is 0 Å². The number of para-hydroxylation sites is 1. The zero-order chi connectivity index (χ0) is 11.4. The van der Waals surface area contributed by atoms with Crippen molar-refractivity contribution in [2.75, 3.05) is 5.32 Å². The lowest BCUT2D eigenvalue weighted by molar-refractivity contribution is 1.33. The molecule has 0 saturated heterocycles. The highest BCUT2D eigenvalue weighted by molar-refractivity contribution is 5.78. The highest BCUT2D eigenvalue weighted by Crippen LogP contribution is 2.27. The van der Waals surface area contributed by atoms with E-state index in [-0.39, 0.29) is 0 Å². The van der Waals surface area contributed by atoms with Crippen molar-refractivity contribution in [3.05, 3.63) is 61.1 Å². The van der Waals surface area contributed by atoms with Gasteiger partial charge >= 0.3 is 0 Å². The molecule has 0 spiro atoms. The molecule has 0 aliphatic rings. The summed E-state index contributed by atoms with van der Waals surface area (Å²) < 4.78 is 0. The first-order chi connectivity index (χ1) is 7.77. The summed E-state index contributed by atoms with van der Waals surface area (Å²) >= 11 is 0. The van der Waals surface area contributed by atoms with Crippen LogP contribution in [0.3, 0.4) is 0 Å². The van der Waals surface area contributed by atoms with Crippen molar-refractivity contribution >= 4 is 5.69 Å². The molecule has 0 saturated carbocycles. The van der Waals surface area contributed by atoms with Crippen LogP contribution in [0.1, 0.15) is 6.92 Å². The predicted molar refractivity (Wildman–Crippen MR) is 68.1 cm³/mol. The van der Waals surface area contributed by atoms with Crippen LogP contribution in [0.15, 0.2) is 61.1 Å². The van der Waals surface area contributed by atoms with E-state index in [1.54, 1.807) is 12.4 Å². The van der Waals surface area contributed by atoms with E-state index in [1.807, 2.05) is 37.3 Å². The van der Waals surface area contributed by atoms with Gasteiger partial charge in [0.2, 0.25) is 0 Å². The van der Waals surface area contributed by atoms with Gasteiger partial charge in [-0.15, -0.1) is 0 Å². The summed E-state index contributed by atoms with van der Waals surface area (Å²) in [5.74, 6) is 0. The van der Waals surface area contributed by atoms with Crippen LogP contribution in [0, 0.1) is 0 Å². The van der Waals surface area contributed by atoms with Gasteiger partial charge in [0.15, 0.2) is 0 Å². The van der Waals surface area contributed by atoms with Crippen LogP contribution in [-0.2, 0) is 0 Å². The number of rotatable bonds is 3. The maximum absolute atomic E-state index is 4.02. The van der Waals surface area contributed by atoms with Crippen molar-refractivity contribution in [3.8, 4) is 11.1 Å². The van der Waals surface area contributed by atoms with Gasteiger partial charge in [-0.2, -0.15) is 0 Å². The Morgan fingerprint density at radius 3 is 2.50 bits per heavy atom. The Morgan fingerprint density at radius 2 is 1.81 bits per heavy atom. The fraction of sp³-hybridized carbons (Fsp3) is 0.0714. The molecule has 1 heterocycles. The first-order valence-electron chi connectivity index (χ1n) is 5.19. The lowest BCUT2D eigenvalue weighted by Gasteiger charge is -2.11. The lowest BCUT2D eigenvalue weighted by atomic mass is 10.1. The maximum Gasteiger partial charge on any atom is 0.0461 e. The molecule has 2 heteroatoms. The molecule has 0 bridgehead atoms. The van der Waals surface area contributed by atoms with Gasteiger partial charge in [-0.3, -0.25) is 4.98 Å². The molecule has 0 atom stereocenters. The third-order valence-electron chi connectivity index (χ3n) is 2.27. The normalized spacial score (nSPS) is 9.81. The van der Waals surface area contributed by atoms with Gasteiger partial charge in [-0.1, -0.05) is 24.8 Å². The Kier molecular flexibility index (Phi) is 3.01. The maximum atomic E-state index is 4.02. The standard InChI is InChI=1S/C14H14N2/c1-11(2)16-14-6-4-3-5-13(14)12-7-9-15-10-8-12/h3-10,16H,1H2,2H3. The van der Waals surface area contributed by atoms with Gasteiger partial charge in [-0.05, 0) is 30.7 Å². The van der Waals surface area contributed by atoms with Crippen LogP contribution in [-0.4, -0.2) is 4.98 Å². The molecule has 1 aromatic carbocycles. The van der Waals surface area contributed by atoms with E-state index in [0.717, 1.165) is 22.5 Å². The molecule has 80 valence electrons. The first kappa shape index (κ1) is 10.4. The Morgan fingerprint density at radius 1 is 1.12 bits per heavy atom. The molecular formula is C14H14N2. The molecule has 0 radical (unpaired) electrons. The second-order valence-corrected chi connectivity index (χ2v) is 3.69. The monoisotopic (exact) mass is 210 g/mol. The summed E-state index contributed by atoms with van der Waals surface area (Å²) in [6.45, 7) is 5.81. The van der Waals surface area contributed by atoms with Crippen molar-refractivity contribution < 1.29 is 0 Å². The fourth-order valence-electron chi connectivity index (χ4n) is 1.61. The number of nitrogens with zero attached hydrogens (tertiary/aromatic N) is 1. The van der Waals surface area contributed by atoms with E-state index in [1.165, 1.54) is 0 Å². The molecule has 0 aliphatic carbocycles. The van der Waals surface area contributed by atoms with Gasteiger partial charge in [0.25, 0.3) is 0 Å². The van der Waals surface area contributed by atoms with Crippen LogP contribution < -0.4 is 5.32 Å². The number of hydrogen-bond acceptors (Lipinski definition) is 2. The van der Waals surface area contributed by atoms with Crippen molar-refractivity contribution in [1.82, 2.24) is 4.98 Å². The lowest BCUT2D eigenvalue weighted by Crippen LogP contribution is -1.95. The minimum absolute atomic E-state index is 0.932. The van der Waals surface area contributed by atoms with Crippen LogP contribution >= 0.6 is 0 Å². The third-order valence-corrected chi connectivity index (χ3v) is 2.27. The zero-order valence-corrected chi connectivity index (χ0v) is 9.27. The highest BCUT2D eigenvalue weighted by Gasteiger charge is 2.03. The first-order valence-corrected chi connectivity index (χ1v) is 5.19. The number of nitrogens with one attached hydrogen (secondary N) is 1. The molecule has 2 nitrogen and oxygen atoms in total. The van der Waals surface area contributed by atoms with E-state index in [2.05, 4.69) is 22.9 Å². The molecule has 1 N–H and O–H groups in total. The molecule has 0 aliphatic heterocycles. The minimum Gasteiger partial charge on any atom is -0.359 e. The van der Waals surface area contributed by atoms with E-state index in [0.29, 0.717) is 0 Å². The van der Waals surface area contributed by atoms with Crippen molar-refractivity contribution in [2.24, 2.45) is 0 Å². The third kappa shape index (κ3) is 2.28. The van der Waals surface area contributed by atoms with Crippen LogP contribution in [0.5, 0.6) is 0 Å². The summed E-state index contributed by atoms with van der Waals surface area (Å²) in [4.78, 5) is 4.02. The Balaban J connectivity index is 2.44. The summed E-state index contributed by atoms with van der Waals surface area (Å²) in [5, 5.41) is 3.26. The Hall–Kier alpha value is -2.09. The van der Waals surface area contributed by atoms with Gasteiger partial charge in [-0.25, -0.2) is 0 Å². The van der Waals surface area contributed by atoms with Gasteiger partial charge in [0.05, 0.1) is 0 Å². The summed E-state index contributed by atoms with van der Waals surface area (Å²) in [6.07, 6.45) is 3.60. The average molecular weight is 210 g/mol. The average Bonchev–Trinajstić information content (AvgIpc) is 2.30. The Bertz CT molecular complexity index is 489. The SMILES string of the molecule is C=C(C)Nc1ccccc1-c1ccncc1.